The van der Waals surface area contributed by atoms with Gasteiger partial charge in [0.15, 0.2) is 0 Å². The zero-order valence-corrected chi connectivity index (χ0v) is 13.4. The first-order valence-corrected chi connectivity index (χ1v) is 8.43. The summed E-state index contributed by atoms with van der Waals surface area (Å²) in [5, 5.41) is 9.77. The summed E-state index contributed by atoms with van der Waals surface area (Å²) in [5.74, 6) is 1.16. The summed E-state index contributed by atoms with van der Waals surface area (Å²) in [6.45, 7) is 2.14. The van der Waals surface area contributed by atoms with Crippen LogP contribution in [-0.4, -0.2) is 20.7 Å². The molecule has 0 spiro atoms. The Kier molecular flexibility index (Phi) is 3.49. The Morgan fingerprint density at radius 2 is 2.35 bits per heavy atom. The molecule has 6 nitrogen and oxygen atoms in total. The summed E-state index contributed by atoms with van der Waals surface area (Å²) >= 11 is 1.42. The van der Waals surface area contributed by atoms with Crippen LogP contribution in [0, 0.1) is 5.92 Å². The van der Waals surface area contributed by atoms with E-state index in [2.05, 4.69) is 22.3 Å². The Bertz CT molecular complexity index is 817. The molecule has 23 heavy (non-hydrogen) atoms. The molecule has 1 amide bonds. The lowest BCUT2D eigenvalue weighted by Gasteiger charge is -2.14. The second kappa shape index (κ2) is 5.66. The van der Waals surface area contributed by atoms with E-state index in [9.17, 15) is 4.79 Å². The van der Waals surface area contributed by atoms with Gasteiger partial charge < -0.3 is 9.73 Å². The van der Waals surface area contributed by atoms with Crippen LogP contribution in [0.2, 0.25) is 0 Å². The molecule has 3 heterocycles. The van der Waals surface area contributed by atoms with E-state index in [4.69, 9.17) is 4.42 Å². The third-order valence-electron chi connectivity index (χ3n) is 4.11. The van der Waals surface area contributed by atoms with E-state index in [0.29, 0.717) is 23.5 Å². The van der Waals surface area contributed by atoms with Gasteiger partial charge in [-0.1, -0.05) is 0 Å². The first-order valence-electron chi connectivity index (χ1n) is 7.55. The first-order chi connectivity index (χ1) is 11.2. The lowest BCUT2D eigenvalue weighted by atomic mass is 10.2. The lowest BCUT2D eigenvalue weighted by molar-refractivity contribution is 0.102. The third kappa shape index (κ3) is 2.79. The van der Waals surface area contributed by atoms with Gasteiger partial charge in [-0.25, -0.2) is 9.67 Å². The van der Waals surface area contributed by atoms with E-state index in [-0.39, 0.29) is 5.91 Å². The third-order valence-corrected chi connectivity index (χ3v) is 5.00. The molecule has 4 rings (SSSR count). The van der Waals surface area contributed by atoms with Crippen LogP contribution >= 0.6 is 11.3 Å². The number of anilines is 1. The molecule has 7 heteroatoms. The summed E-state index contributed by atoms with van der Waals surface area (Å²) < 4.78 is 6.94. The highest BCUT2D eigenvalue weighted by Crippen LogP contribution is 2.40. The van der Waals surface area contributed by atoms with Crippen molar-refractivity contribution in [2.45, 2.75) is 25.8 Å². The molecule has 3 aromatic rings. The van der Waals surface area contributed by atoms with E-state index >= 15 is 0 Å². The van der Waals surface area contributed by atoms with Crippen LogP contribution in [0.1, 0.15) is 36.3 Å². The number of hydrogen-bond acceptors (Lipinski definition) is 5. The van der Waals surface area contributed by atoms with Gasteiger partial charge in [0.05, 0.1) is 18.5 Å². The van der Waals surface area contributed by atoms with Crippen LogP contribution in [0.15, 0.2) is 40.7 Å². The number of hydrogen-bond donors (Lipinski definition) is 1. The average molecular weight is 328 g/mol. The van der Waals surface area contributed by atoms with Crippen LogP contribution in [0.4, 0.5) is 5.82 Å². The van der Waals surface area contributed by atoms with Crippen LogP contribution in [0.25, 0.3) is 10.6 Å². The molecule has 0 aliphatic heterocycles. The van der Waals surface area contributed by atoms with Gasteiger partial charge in [-0.2, -0.15) is 5.10 Å². The number of thiazole rings is 1. The predicted octanol–water partition coefficient (Wildman–Crippen LogP) is 3.82. The molecular formula is C16H16N4O2S. The molecule has 3 aromatic heterocycles. The van der Waals surface area contributed by atoms with Crippen LogP contribution in [-0.2, 0) is 0 Å². The molecule has 0 radical (unpaired) electrons. The average Bonchev–Trinajstić information content (AvgIpc) is 3.00. The number of nitrogens with one attached hydrogen (secondary N) is 1. The summed E-state index contributed by atoms with van der Waals surface area (Å²) in [4.78, 5) is 16.8. The van der Waals surface area contributed by atoms with Gasteiger partial charge in [0.2, 0.25) is 0 Å². The standard InChI is InChI=1S/C16H16N4O2S/c1-10(11-2-3-11)20-14(4-6-17-20)19-15(21)13-9-23-16(18-13)12-5-7-22-8-12/h4-11H,2-3H2,1H3,(H,19,21)/t10-/m1/s1. The number of nitrogens with zero attached hydrogens (tertiary/aromatic N) is 3. The molecule has 0 unspecified atom stereocenters. The maximum absolute atomic E-state index is 12.4. The van der Waals surface area contributed by atoms with Gasteiger partial charge in [-0.15, -0.1) is 11.3 Å². The number of amides is 1. The Morgan fingerprint density at radius 3 is 3.09 bits per heavy atom. The quantitative estimate of drug-likeness (QED) is 0.772. The Labute approximate surface area is 137 Å². The number of carbonyl (C=O) groups is 1. The van der Waals surface area contributed by atoms with Gasteiger partial charge in [-0.05, 0) is 31.7 Å². The Balaban J connectivity index is 1.51. The largest absolute Gasteiger partial charge is 0.472 e. The van der Waals surface area contributed by atoms with Crippen molar-refractivity contribution in [2.75, 3.05) is 5.32 Å². The molecule has 1 fully saturated rings. The molecule has 1 aliphatic rings. The summed E-state index contributed by atoms with van der Waals surface area (Å²) in [5.41, 5.74) is 1.28. The normalized spacial score (nSPS) is 15.5. The van der Waals surface area contributed by atoms with E-state index in [1.807, 2.05) is 16.8 Å². The summed E-state index contributed by atoms with van der Waals surface area (Å²) in [6, 6.07) is 3.95. The molecule has 118 valence electrons. The minimum Gasteiger partial charge on any atom is -0.472 e. The molecule has 1 saturated carbocycles. The minimum absolute atomic E-state index is 0.222. The first kappa shape index (κ1) is 14.2. The van der Waals surface area contributed by atoms with E-state index in [1.54, 1.807) is 24.1 Å². The highest BCUT2D eigenvalue weighted by atomic mass is 32.1. The predicted molar refractivity (Wildman–Crippen MR) is 87.4 cm³/mol. The van der Waals surface area contributed by atoms with Crippen molar-refractivity contribution >= 4 is 23.1 Å². The highest BCUT2D eigenvalue weighted by Gasteiger charge is 2.30. The monoisotopic (exact) mass is 328 g/mol. The second-order valence-electron chi connectivity index (χ2n) is 5.74. The van der Waals surface area contributed by atoms with Crippen molar-refractivity contribution in [1.82, 2.24) is 14.8 Å². The van der Waals surface area contributed by atoms with Crippen molar-refractivity contribution in [3.05, 3.63) is 41.9 Å². The fraction of sp³-hybridized carbons (Fsp3) is 0.312. The number of furan rings is 1. The van der Waals surface area contributed by atoms with Crippen LogP contribution < -0.4 is 5.32 Å². The SMILES string of the molecule is C[C@H](C1CC1)n1nccc1NC(=O)c1csc(-c2ccoc2)n1. The van der Waals surface area contributed by atoms with Crippen LogP contribution in [0.3, 0.4) is 0 Å². The number of aromatic nitrogens is 3. The Morgan fingerprint density at radius 1 is 1.48 bits per heavy atom. The van der Waals surface area contributed by atoms with Gasteiger partial charge in [-0.3, -0.25) is 4.79 Å². The van der Waals surface area contributed by atoms with Crippen LogP contribution in [0.5, 0.6) is 0 Å². The smallest absolute Gasteiger partial charge is 0.276 e. The molecule has 0 saturated heterocycles. The molecule has 1 N–H and O–H groups in total. The van der Waals surface area contributed by atoms with Crippen molar-refractivity contribution < 1.29 is 9.21 Å². The lowest BCUT2D eigenvalue weighted by Crippen LogP contribution is -2.18. The van der Waals surface area contributed by atoms with Crippen molar-refractivity contribution in [1.29, 1.82) is 0 Å². The molecule has 1 aliphatic carbocycles. The zero-order valence-electron chi connectivity index (χ0n) is 12.6. The molecular weight excluding hydrogens is 312 g/mol. The summed E-state index contributed by atoms with van der Waals surface area (Å²) in [6.07, 6.45) is 7.39. The molecule has 1 atom stereocenters. The van der Waals surface area contributed by atoms with Crippen molar-refractivity contribution in [2.24, 2.45) is 5.92 Å². The second-order valence-corrected chi connectivity index (χ2v) is 6.60. The van der Waals surface area contributed by atoms with Gasteiger partial charge in [0.1, 0.15) is 22.8 Å². The van der Waals surface area contributed by atoms with E-state index < -0.39 is 0 Å². The zero-order chi connectivity index (χ0) is 15.8. The Hall–Kier alpha value is -2.41. The minimum atomic E-state index is -0.222. The van der Waals surface area contributed by atoms with Gasteiger partial charge in [0.25, 0.3) is 5.91 Å². The molecule has 0 bridgehead atoms. The van der Waals surface area contributed by atoms with Crippen molar-refractivity contribution in [3.8, 4) is 10.6 Å². The fourth-order valence-electron chi connectivity index (χ4n) is 2.59. The highest BCUT2D eigenvalue weighted by molar-refractivity contribution is 7.13. The number of rotatable bonds is 5. The van der Waals surface area contributed by atoms with E-state index in [0.717, 1.165) is 10.6 Å². The van der Waals surface area contributed by atoms with Gasteiger partial charge >= 0.3 is 0 Å². The fourth-order valence-corrected chi connectivity index (χ4v) is 3.38. The topological polar surface area (TPSA) is 73.0 Å². The van der Waals surface area contributed by atoms with E-state index in [1.165, 1.54) is 24.2 Å². The molecule has 0 aromatic carbocycles. The maximum Gasteiger partial charge on any atom is 0.276 e. The van der Waals surface area contributed by atoms with Gasteiger partial charge in [0, 0.05) is 17.0 Å². The maximum atomic E-state index is 12.4. The van der Waals surface area contributed by atoms with Crippen molar-refractivity contribution in [3.63, 3.8) is 0 Å². The number of carbonyl (C=O) groups excluding carboxylic acids is 1. The summed E-state index contributed by atoms with van der Waals surface area (Å²) in [7, 11) is 0.